The Bertz CT molecular complexity index is 611. The van der Waals surface area contributed by atoms with Gasteiger partial charge in [0.05, 0.1) is 24.6 Å². The first kappa shape index (κ1) is 15.8. The molecule has 124 valence electrons. The molecule has 2 aliphatic rings. The van der Waals surface area contributed by atoms with E-state index in [9.17, 15) is 9.59 Å². The van der Waals surface area contributed by atoms with Gasteiger partial charge in [-0.05, 0) is 43.9 Å². The Morgan fingerprint density at radius 2 is 2.17 bits per heavy atom. The van der Waals surface area contributed by atoms with E-state index in [0.29, 0.717) is 6.42 Å². The summed E-state index contributed by atoms with van der Waals surface area (Å²) < 4.78 is 5.58. The van der Waals surface area contributed by atoms with Gasteiger partial charge in [-0.15, -0.1) is 0 Å². The van der Waals surface area contributed by atoms with Crippen LogP contribution in [0.25, 0.3) is 0 Å². The highest BCUT2D eigenvalue weighted by atomic mass is 16.5. The molecule has 0 aliphatic carbocycles. The highest BCUT2D eigenvalue weighted by Gasteiger charge is 2.24. The molecule has 23 heavy (non-hydrogen) atoms. The Labute approximate surface area is 136 Å². The lowest BCUT2D eigenvalue weighted by molar-refractivity contribution is -0.115. The summed E-state index contributed by atoms with van der Waals surface area (Å²) in [6.07, 6.45) is 2.55. The summed E-state index contributed by atoms with van der Waals surface area (Å²) in [7, 11) is 0. The first-order valence-electron chi connectivity index (χ1n) is 8.14. The number of anilines is 1. The lowest BCUT2D eigenvalue weighted by Gasteiger charge is -2.22. The molecule has 6 nitrogen and oxygen atoms in total. The van der Waals surface area contributed by atoms with Crippen molar-refractivity contribution in [1.29, 1.82) is 0 Å². The van der Waals surface area contributed by atoms with Gasteiger partial charge in [0.25, 0.3) is 0 Å². The third-order valence-corrected chi connectivity index (χ3v) is 4.48. The van der Waals surface area contributed by atoms with Gasteiger partial charge in [0.2, 0.25) is 5.91 Å². The molecule has 0 radical (unpaired) electrons. The van der Waals surface area contributed by atoms with Crippen molar-refractivity contribution in [2.75, 3.05) is 11.9 Å². The van der Waals surface area contributed by atoms with Crippen molar-refractivity contribution in [3.05, 3.63) is 29.3 Å². The fourth-order valence-corrected chi connectivity index (χ4v) is 3.14. The van der Waals surface area contributed by atoms with Gasteiger partial charge in [0.15, 0.2) is 0 Å². The molecule has 3 rings (SSSR count). The smallest absolute Gasteiger partial charge is 0.315 e. The van der Waals surface area contributed by atoms with Crippen molar-refractivity contribution in [3.63, 3.8) is 0 Å². The maximum Gasteiger partial charge on any atom is 0.315 e. The Hall–Kier alpha value is -2.08. The molecule has 0 bridgehead atoms. The number of urea groups is 1. The lowest BCUT2D eigenvalue weighted by atomic mass is 10.0. The van der Waals surface area contributed by atoms with Crippen molar-refractivity contribution in [1.82, 2.24) is 10.6 Å². The van der Waals surface area contributed by atoms with E-state index >= 15 is 0 Å². The lowest BCUT2D eigenvalue weighted by Crippen LogP contribution is -2.46. The van der Waals surface area contributed by atoms with Crippen LogP contribution < -0.4 is 16.0 Å². The van der Waals surface area contributed by atoms with Crippen molar-refractivity contribution in [2.45, 2.75) is 51.3 Å². The quantitative estimate of drug-likeness (QED) is 0.796. The summed E-state index contributed by atoms with van der Waals surface area (Å²) in [5, 5.41) is 8.69. The Morgan fingerprint density at radius 1 is 1.35 bits per heavy atom. The van der Waals surface area contributed by atoms with Gasteiger partial charge in [-0.25, -0.2) is 4.79 Å². The molecule has 1 saturated heterocycles. The Morgan fingerprint density at radius 3 is 2.91 bits per heavy atom. The third kappa shape index (κ3) is 3.64. The molecule has 1 aromatic rings. The molecule has 2 aliphatic heterocycles. The monoisotopic (exact) mass is 317 g/mol. The highest BCUT2D eigenvalue weighted by Crippen LogP contribution is 2.26. The van der Waals surface area contributed by atoms with Crippen LogP contribution in [0.4, 0.5) is 10.5 Å². The van der Waals surface area contributed by atoms with E-state index in [0.717, 1.165) is 36.3 Å². The number of rotatable bonds is 4. The number of ether oxygens (including phenoxy) is 1. The van der Waals surface area contributed by atoms with Gasteiger partial charge in [-0.2, -0.15) is 0 Å². The average Bonchev–Trinajstić information content (AvgIpc) is 3.14. The van der Waals surface area contributed by atoms with Gasteiger partial charge in [-0.1, -0.05) is 12.1 Å². The second kappa shape index (κ2) is 6.58. The highest BCUT2D eigenvalue weighted by molar-refractivity contribution is 5.99. The second-order valence-electron chi connectivity index (χ2n) is 6.32. The number of amides is 3. The predicted octanol–water partition coefficient (Wildman–Crippen LogP) is 2.11. The maximum absolute atomic E-state index is 12.1. The molecular formula is C17H23N3O3. The van der Waals surface area contributed by atoms with E-state index in [1.165, 1.54) is 0 Å². The molecule has 3 amide bonds. The van der Waals surface area contributed by atoms with Crippen LogP contribution in [0.15, 0.2) is 18.2 Å². The van der Waals surface area contributed by atoms with Crippen molar-refractivity contribution < 1.29 is 14.3 Å². The summed E-state index contributed by atoms with van der Waals surface area (Å²) in [5.74, 6) is 0.0147. The zero-order valence-corrected chi connectivity index (χ0v) is 13.5. The molecule has 2 heterocycles. The number of hydrogen-bond acceptors (Lipinski definition) is 3. The van der Waals surface area contributed by atoms with Gasteiger partial charge < -0.3 is 20.7 Å². The van der Waals surface area contributed by atoms with Gasteiger partial charge in [0, 0.05) is 12.3 Å². The average molecular weight is 317 g/mol. The fraction of sp³-hybridized carbons (Fsp3) is 0.529. The second-order valence-corrected chi connectivity index (χ2v) is 6.32. The minimum absolute atomic E-state index is 0.00783. The summed E-state index contributed by atoms with van der Waals surface area (Å²) >= 11 is 0. The van der Waals surface area contributed by atoms with Crippen molar-refractivity contribution in [2.24, 2.45) is 0 Å². The molecule has 3 atom stereocenters. The first-order valence-corrected chi connectivity index (χ1v) is 8.14. The zero-order valence-electron chi connectivity index (χ0n) is 13.5. The number of hydrogen-bond donors (Lipinski definition) is 3. The Balaban J connectivity index is 1.56. The molecule has 1 aromatic carbocycles. The maximum atomic E-state index is 12.1. The van der Waals surface area contributed by atoms with E-state index in [-0.39, 0.29) is 30.1 Å². The third-order valence-electron chi connectivity index (χ3n) is 4.48. The molecule has 3 N–H and O–H groups in total. The molecule has 0 aromatic heterocycles. The van der Waals surface area contributed by atoms with E-state index in [4.69, 9.17) is 4.74 Å². The van der Waals surface area contributed by atoms with E-state index < -0.39 is 0 Å². The van der Waals surface area contributed by atoms with E-state index in [1.807, 2.05) is 32.0 Å². The molecule has 0 unspecified atom stereocenters. The van der Waals surface area contributed by atoms with E-state index in [2.05, 4.69) is 16.0 Å². The van der Waals surface area contributed by atoms with Gasteiger partial charge >= 0.3 is 6.03 Å². The van der Waals surface area contributed by atoms with Crippen LogP contribution in [-0.4, -0.2) is 30.7 Å². The molecule has 0 spiro atoms. The zero-order chi connectivity index (χ0) is 16.4. The normalized spacial score (nSPS) is 22.2. The summed E-state index contributed by atoms with van der Waals surface area (Å²) in [5.41, 5.74) is 2.83. The molecule has 6 heteroatoms. The predicted molar refractivity (Wildman–Crippen MR) is 87.3 cm³/mol. The fourth-order valence-electron chi connectivity index (χ4n) is 3.14. The minimum Gasteiger partial charge on any atom is -0.376 e. The SMILES string of the molecule is C[C@H](NC(=O)N[C@H](C)[C@H]1CCCO1)c1ccc2c(c1)CC(=O)N2. The number of benzene rings is 1. The number of nitrogens with one attached hydrogen (secondary N) is 3. The van der Waals surface area contributed by atoms with Crippen LogP contribution >= 0.6 is 0 Å². The van der Waals surface area contributed by atoms with Crippen molar-refractivity contribution >= 4 is 17.6 Å². The number of carbonyl (C=O) groups excluding carboxylic acids is 2. The number of carbonyl (C=O) groups is 2. The molecule has 1 fully saturated rings. The van der Waals surface area contributed by atoms with Crippen LogP contribution in [0.2, 0.25) is 0 Å². The largest absolute Gasteiger partial charge is 0.376 e. The van der Waals surface area contributed by atoms with Crippen LogP contribution in [0, 0.1) is 0 Å². The first-order chi connectivity index (χ1) is 11.0. The summed E-state index contributed by atoms with van der Waals surface area (Å²) in [6.45, 7) is 4.67. The van der Waals surface area contributed by atoms with E-state index in [1.54, 1.807) is 0 Å². The van der Waals surface area contributed by atoms with Crippen LogP contribution in [0.3, 0.4) is 0 Å². The van der Waals surface area contributed by atoms with Crippen molar-refractivity contribution in [3.8, 4) is 0 Å². The minimum atomic E-state index is -0.199. The standard InChI is InChI=1S/C17H23N3O3/c1-10(12-5-6-14-13(8-12)9-16(21)20-14)18-17(22)19-11(2)15-4-3-7-23-15/h5-6,8,10-11,15H,3-4,7,9H2,1-2H3,(H,20,21)(H2,18,19,22)/t10-,11+,15+/m0/s1. The molecular weight excluding hydrogens is 294 g/mol. The summed E-state index contributed by atoms with van der Waals surface area (Å²) in [6, 6.07) is 5.45. The van der Waals surface area contributed by atoms with Crippen LogP contribution in [0.5, 0.6) is 0 Å². The summed E-state index contributed by atoms with van der Waals surface area (Å²) in [4.78, 5) is 23.5. The van der Waals surface area contributed by atoms with Crippen LogP contribution in [0.1, 0.15) is 43.9 Å². The topological polar surface area (TPSA) is 79.5 Å². The van der Waals surface area contributed by atoms with Crippen LogP contribution in [-0.2, 0) is 16.0 Å². The molecule has 0 saturated carbocycles. The van der Waals surface area contributed by atoms with Gasteiger partial charge in [0.1, 0.15) is 0 Å². The van der Waals surface area contributed by atoms with Gasteiger partial charge in [-0.3, -0.25) is 4.79 Å². The number of fused-ring (bicyclic) bond motifs is 1. The Kier molecular flexibility index (Phi) is 4.52.